The van der Waals surface area contributed by atoms with E-state index in [2.05, 4.69) is 35.6 Å². The Morgan fingerprint density at radius 1 is 0.781 bits per heavy atom. The van der Waals surface area contributed by atoms with Crippen LogP contribution in [0.2, 0.25) is 0 Å². The average molecular weight is 447 g/mol. The minimum Gasteiger partial charge on any atom is -0.489 e. The molecular formula is C26H26N2O3S. The molecule has 4 rings (SSSR count). The van der Waals surface area contributed by atoms with E-state index in [-0.39, 0.29) is 4.90 Å². The molecule has 4 aromatic carbocycles. The first-order chi connectivity index (χ1) is 15.5. The lowest BCUT2D eigenvalue weighted by Crippen LogP contribution is -2.18. The summed E-state index contributed by atoms with van der Waals surface area (Å²) in [6, 6.07) is 29.2. The largest absolute Gasteiger partial charge is 0.489 e. The van der Waals surface area contributed by atoms with Gasteiger partial charge >= 0.3 is 0 Å². The van der Waals surface area contributed by atoms with Crippen molar-refractivity contribution < 1.29 is 13.2 Å². The highest BCUT2D eigenvalue weighted by Crippen LogP contribution is 2.28. The van der Waals surface area contributed by atoms with Crippen molar-refractivity contribution >= 4 is 20.8 Å². The minimum absolute atomic E-state index is 0.130. The predicted molar refractivity (Wildman–Crippen MR) is 128 cm³/mol. The number of hydrogen-bond acceptors (Lipinski definition) is 4. The zero-order valence-electron chi connectivity index (χ0n) is 17.7. The summed E-state index contributed by atoms with van der Waals surface area (Å²) >= 11 is 0. The molecule has 164 valence electrons. The zero-order chi connectivity index (χ0) is 22.4. The molecule has 0 atom stereocenters. The predicted octanol–water partition coefficient (Wildman–Crippen LogP) is 4.40. The van der Waals surface area contributed by atoms with Gasteiger partial charge in [-0.1, -0.05) is 72.8 Å². The first-order valence-electron chi connectivity index (χ1n) is 10.5. The zero-order valence-corrected chi connectivity index (χ0v) is 18.5. The molecule has 0 unspecified atom stereocenters. The molecule has 0 radical (unpaired) electrons. The molecule has 3 N–H and O–H groups in total. The fourth-order valence-corrected chi connectivity index (χ4v) is 4.18. The molecule has 0 bridgehead atoms. The molecule has 32 heavy (non-hydrogen) atoms. The van der Waals surface area contributed by atoms with Gasteiger partial charge in [0.05, 0.1) is 4.90 Å². The van der Waals surface area contributed by atoms with E-state index >= 15 is 0 Å². The molecule has 4 aromatic rings. The molecule has 0 amide bonds. The van der Waals surface area contributed by atoms with E-state index in [0.29, 0.717) is 13.2 Å². The molecule has 5 nitrogen and oxygen atoms in total. The molecule has 0 fully saturated rings. The van der Waals surface area contributed by atoms with E-state index in [1.54, 1.807) is 24.3 Å². The van der Waals surface area contributed by atoms with Crippen LogP contribution in [0.4, 0.5) is 0 Å². The number of rotatable bonds is 9. The number of nitrogens with two attached hydrogens (primary N) is 1. The highest BCUT2D eigenvalue weighted by Gasteiger charge is 2.10. The monoisotopic (exact) mass is 446 g/mol. The second-order valence-electron chi connectivity index (χ2n) is 7.65. The number of ether oxygens (including phenoxy) is 1. The van der Waals surface area contributed by atoms with Crippen molar-refractivity contribution in [3.05, 3.63) is 108 Å². The van der Waals surface area contributed by atoms with Crippen molar-refractivity contribution in [1.29, 1.82) is 0 Å². The van der Waals surface area contributed by atoms with Gasteiger partial charge in [-0.2, -0.15) is 0 Å². The fourth-order valence-electron chi connectivity index (χ4n) is 3.66. The van der Waals surface area contributed by atoms with Crippen LogP contribution in [0.5, 0.6) is 5.75 Å². The van der Waals surface area contributed by atoms with Gasteiger partial charge in [0.2, 0.25) is 10.0 Å². The maximum atomic E-state index is 11.4. The molecule has 0 aliphatic carbocycles. The number of nitrogens with one attached hydrogen (secondary N) is 1. The van der Waals surface area contributed by atoms with Crippen LogP contribution >= 0.6 is 0 Å². The summed E-state index contributed by atoms with van der Waals surface area (Å²) in [4.78, 5) is 0.130. The van der Waals surface area contributed by atoms with E-state index in [0.717, 1.165) is 35.4 Å². The Morgan fingerprint density at radius 2 is 1.50 bits per heavy atom. The van der Waals surface area contributed by atoms with Gasteiger partial charge < -0.3 is 10.1 Å². The Morgan fingerprint density at radius 3 is 2.25 bits per heavy atom. The van der Waals surface area contributed by atoms with Gasteiger partial charge in [-0.05, 0) is 53.1 Å². The Balaban J connectivity index is 1.44. The van der Waals surface area contributed by atoms with Gasteiger partial charge in [-0.15, -0.1) is 0 Å². The number of sulfonamides is 1. The summed E-state index contributed by atoms with van der Waals surface area (Å²) in [6.45, 7) is 1.93. The number of fused-ring (bicyclic) bond motifs is 1. The van der Waals surface area contributed by atoms with Crippen LogP contribution in [0.15, 0.2) is 95.9 Å². The van der Waals surface area contributed by atoms with E-state index in [9.17, 15) is 8.42 Å². The number of primary sulfonamides is 1. The fraction of sp³-hybridized carbons (Fsp3) is 0.154. The van der Waals surface area contributed by atoms with Crippen LogP contribution in [-0.4, -0.2) is 15.0 Å². The van der Waals surface area contributed by atoms with Crippen molar-refractivity contribution in [2.45, 2.75) is 24.5 Å². The molecule has 0 saturated heterocycles. The summed E-state index contributed by atoms with van der Waals surface area (Å²) in [5.41, 5.74) is 3.30. The Hall–Kier alpha value is -3.19. The first-order valence-corrected chi connectivity index (χ1v) is 12.1. The maximum absolute atomic E-state index is 11.4. The standard InChI is InChI=1S/C26H26N2O3S/c27-32(29,30)23-13-10-20(11-14-23)16-17-28-18-25-24-9-5-4-8-22(24)12-15-26(25)31-19-21-6-2-1-3-7-21/h1-15,28H,16-19H2,(H2,27,29,30). The van der Waals surface area contributed by atoms with Gasteiger partial charge in [0.25, 0.3) is 0 Å². The van der Waals surface area contributed by atoms with Crippen molar-refractivity contribution in [2.75, 3.05) is 6.54 Å². The third kappa shape index (κ3) is 5.53. The summed E-state index contributed by atoms with van der Waals surface area (Å²) < 4.78 is 29.0. The molecule has 0 aliphatic heterocycles. The normalized spacial score (nSPS) is 11.5. The van der Waals surface area contributed by atoms with Crippen molar-refractivity contribution in [2.24, 2.45) is 5.14 Å². The number of hydrogen-bond donors (Lipinski definition) is 2. The number of benzene rings is 4. The molecule has 0 aliphatic rings. The topological polar surface area (TPSA) is 81.4 Å². The van der Waals surface area contributed by atoms with E-state index in [1.807, 2.05) is 36.4 Å². The van der Waals surface area contributed by atoms with Crippen LogP contribution < -0.4 is 15.2 Å². The third-order valence-corrected chi connectivity index (χ3v) is 6.31. The molecule has 0 aromatic heterocycles. The third-order valence-electron chi connectivity index (χ3n) is 5.38. The highest BCUT2D eigenvalue weighted by atomic mass is 32.2. The van der Waals surface area contributed by atoms with Crippen LogP contribution in [0.3, 0.4) is 0 Å². The lowest BCUT2D eigenvalue weighted by Gasteiger charge is -2.15. The van der Waals surface area contributed by atoms with E-state index in [1.165, 1.54) is 10.8 Å². The van der Waals surface area contributed by atoms with Crippen LogP contribution in [0, 0.1) is 0 Å². The Kier molecular flexibility index (Phi) is 6.85. The van der Waals surface area contributed by atoms with Gasteiger partial charge in [0.15, 0.2) is 0 Å². The smallest absolute Gasteiger partial charge is 0.238 e. The lowest BCUT2D eigenvalue weighted by molar-refractivity contribution is 0.303. The minimum atomic E-state index is -3.66. The molecule has 6 heteroatoms. The summed E-state index contributed by atoms with van der Waals surface area (Å²) in [5, 5.41) is 11.0. The quantitative estimate of drug-likeness (QED) is 0.374. The Bertz CT molecular complexity index is 1290. The van der Waals surface area contributed by atoms with Gasteiger partial charge in [-0.3, -0.25) is 0 Å². The average Bonchev–Trinajstić information content (AvgIpc) is 2.81. The summed E-state index contributed by atoms with van der Waals surface area (Å²) in [5.74, 6) is 0.873. The van der Waals surface area contributed by atoms with Crippen molar-refractivity contribution in [3.63, 3.8) is 0 Å². The van der Waals surface area contributed by atoms with Gasteiger partial charge in [0, 0.05) is 12.1 Å². The Labute approximate surface area is 188 Å². The van der Waals surface area contributed by atoms with Crippen LogP contribution in [0.25, 0.3) is 10.8 Å². The van der Waals surface area contributed by atoms with Gasteiger partial charge in [-0.25, -0.2) is 13.6 Å². The highest BCUT2D eigenvalue weighted by molar-refractivity contribution is 7.89. The summed E-state index contributed by atoms with van der Waals surface area (Å²) in [6.07, 6.45) is 0.774. The molecule has 0 heterocycles. The van der Waals surface area contributed by atoms with Gasteiger partial charge in [0.1, 0.15) is 12.4 Å². The van der Waals surface area contributed by atoms with Crippen LogP contribution in [0.1, 0.15) is 16.7 Å². The maximum Gasteiger partial charge on any atom is 0.238 e. The van der Waals surface area contributed by atoms with Crippen molar-refractivity contribution in [1.82, 2.24) is 5.32 Å². The first kappa shape index (κ1) is 22.0. The SMILES string of the molecule is NS(=O)(=O)c1ccc(CCNCc2c(OCc3ccccc3)ccc3ccccc23)cc1. The van der Waals surface area contributed by atoms with Crippen molar-refractivity contribution in [3.8, 4) is 5.75 Å². The molecule has 0 saturated carbocycles. The molecular weight excluding hydrogens is 420 g/mol. The van der Waals surface area contributed by atoms with E-state index < -0.39 is 10.0 Å². The second-order valence-corrected chi connectivity index (χ2v) is 9.21. The molecule has 0 spiro atoms. The lowest BCUT2D eigenvalue weighted by atomic mass is 10.0. The van der Waals surface area contributed by atoms with Crippen LogP contribution in [-0.2, 0) is 29.6 Å². The summed E-state index contributed by atoms with van der Waals surface area (Å²) in [7, 11) is -3.66. The van der Waals surface area contributed by atoms with E-state index in [4.69, 9.17) is 9.88 Å². The second kappa shape index (κ2) is 9.96.